The van der Waals surface area contributed by atoms with E-state index in [4.69, 9.17) is 9.47 Å². The second-order valence-electron chi connectivity index (χ2n) is 17.4. The predicted molar refractivity (Wildman–Crippen MR) is 171 cm³/mol. The van der Waals surface area contributed by atoms with Gasteiger partial charge in [-0.05, 0) is 92.3 Å². The van der Waals surface area contributed by atoms with Crippen LogP contribution in [0.15, 0.2) is 11.6 Å². The third kappa shape index (κ3) is 4.60. The van der Waals surface area contributed by atoms with Gasteiger partial charge in [0.2, 0.25) is 6.29 Å². The van der Waals surface area contributed by atoms with E-state index in [2.05, 4.69) is 26.8 Å². The van der Waals surface area contributed by atoms with Crippen LogP contribution in [0.3, 0.4) is 0 Å². The van der Waals surface area contributed by atoms with Crippen molar-refractivity contribution in [2.75, 3.05) is 19.8 Å². The third-order valence-corrected chi connectivity index (χ3v) is 15.7. The first-order valence-electron chi connectivity index (χ1n) is 17.9. The van der Waals surface area contributed by atoms with E-state index in [1.54, 1.807) is 6.92 Å². The van der Waals surface area contributed by atoms with Crippen LogP contribution in [0, 0.1) is 50.7 Å². The number of ether oxygens (including phenoxy) is 2. The zero-order chi connectivity index (χ0) is 35.4. The molecule has 12 nitrogen and oxygen atoms in total. The Hall–Kier alpha value is -1.19. The summed E-state index contributed by atoms with van der Waals surface area (Å²) in [7, 11) is 0. The zero-order valence-corrected chi connectivity index (χ0v) is 29.0. The van der Waals surface area contributed by atoms with Crippen LogP contribution in [-0.4, -0.2) is 120 Å². The molecule has 9 N–H and O–H groups in total. The minimum atomic E-state index is -1.74. The normalized spacial score (nSPS) is 54.5. The quantitative estimate of drug-likeness (QED) is 0.142. The van der Waals surface area contributed by atoms with Gasteiger partial charge in [-0.1, -0.05) is 39.3 Å². The number of fused-ring (bicyclic) bond motifs is 7. The fraction of sp³-hybridized carbons (Fsp3) is 0.917. The van der Waals surface area contributed by atoms with E-state index in [0.29, 0.717) is 44.9 Å². The first-order chi connectivity index (χ1) is 22.4. The van der Waals surface area contributed by atoms with Crippen molar-refractivity contribution in [1.29, 1.82) is 0 Å². The van der Waals surface area contributed by atoms with Crippen molar-refractivity contribution in [3.63, 3.8) is 0 Å². The Bertz CT molecular complexity index is 1280. The molecule has 1 aliphatic heterocycles. The van der Waals surface area contributed by atoms with Gasteiger partial charge in [0.15, 0.2) is 0 Å². The molecule has 1 heterocycles. The molecular formula is C36H58O12. The minimum Gasteiger partial charge on any atom is -0.432 e. The molecule has 0 spiro atoms. The fourth-order valence-electron chi connectivity index (χ4n) is 12.4. The lowest BCUT2D eigenvalue weighted by atomic mass is 9.32. The van der Waals surface area contributed by atoms with Gasteiger partial charge in [-0.25, -0.2) is 0 Å². The molecular weight excluding hydrogens is 624 g/mol. The number of hydrogen-bond acceptors (Lipinski definition) is 12. The summed E-state index contributed by atoms with van der Waals surface area (Å²) >= 11 is 0. The van der Waals surface area contributed by atoms with Gasteiger partial charge < -0.3 is 55.4 Å². The summed E-state index contributed by atoms with van der Waals surface area (Å²) in [6, 6.07) is 0. The van der Waals surface area contributed by atoms with Gasteiger partial charge in [-0.2, -0.15) is 0 Å². The van der Waals surface area contributed by atoms with Crippen LogP contribution in [0.25, 0.3) is 0 Å². The Morgan fingerprint density at radius 2 is 1.56 bits per heavy atom. The van der Waals surface area contributed by atoms with Gasteiger partial charge in [-0.3, -0.25) is 4.79 Å². The highest BCUT2D eigenvalue weighted by molar-refractivity contribution is 5.79. The van der Waals surface area contributed by atoms with E-state index in [0.717, 1.165) is 12.0 Å². The Balaban J connectivity index is 1.40. The van der Waals surface area contributed by atoms with E-state index >= 15 is 0 Å². The number of esters is 1. The van der Waals surface area contributed by atoms with E-state index in [1.165, 1.54) is 0 Å². The molecule has 0 aromatic heterocycles. The van der Waals surface area contributed by atoms with Crippen LogP contribution in [0.4, 0.5) is 0 Å². The number of hydrogen-bond donors (Lipinski definition) is 9. The first-order valence-corrected chi connectivity index (χ1v) is 17.9. The van der Waals surface area contributed by atoms with Crippen molar-refractivity contribution < 1.29 is 60.2 Å². The number of carbonyl (C=O) groups is 1. The molecule has 0 amide bonds. The second-order valence-corrected chi connectivity index (χ2v) is 17.4. The van der Waals surface area contributed by atoms with Crippen molar-refractivity contribution in [1.82, 2.24) is 0 Å². The zero-order valence-electron chi connectivity index (χ0n) is 29.0. The Morgan fingerprint density at radius 1 is 0.896 bits per heavy atom. The lowest BCUT2D eigenvalue weighted by Crippen LogP contribution is -2.70. The molecule has 274 valence electrons. The summed E-state index contributed by atoms with van der Waals surface area (Å²) in [4.78, 5) is 14.5. The fourth-order valence-corrected chi connectivity index (χ4v) is 12.4. The Kier molecular flexibility index (Phi) is 9.10. The van der Waals surface area contributed by atoms with Gasteiger partial charge >= 0.3 is 5.97 Å². The predicted octanol–water partition coefficient (Wildman–Crippen LogP) is 0.379. The monoisotopic (exact) mass is 682 g/mol. The van der Waals surface area contributed by atoms with Gasteiger partial charge in [-0.15, -0.1) is 0 Å². The van der Waals surface area contributed by atoms with E-state index in [-0.39, 0.29) is 23.2 Å². The molecule has 0 radical (unpaired) electrons. The number of allylic oxidation sites excluding steroid dienone is 1. The number of rotatable bonds is 5. The van der Waals surface area contributed by atoms with Crippen molar-refractivity contribution >= 4 is 5.97 Å². The minimum absolute atomic E-state index is 0.0108. The molecule has 16 atom stereocenters. The Morgan fingerprint density at radius 3 is 2.19 bits per heavy atom. The van der Waals surface area contributed by atoms with E-state index < -0.39 is 102 Å². The molecule has 0 bridgehead atoms. The molecule has 0 aromatic carbocycles. The molecule has 16 unspecified atom stereocenters. The van der Waals surface area contributed by atoms with E-state index in [1.807, 2.05) is 6.92 Å². The summed E-state index contributed by atoms with van der Waals surface area (Å²) in [5.41, 5.74) is -4.09. The second kappa shape index (κ2) is 11.9. The first kappa shape index (κ1) is 36.6. The lowest BCUT2D eigenvalue weighted by molar-refractivity contribution is -0.299. The maximum absolute atomic E-state index is 14.5. The summed E-state index contributed by atoms with van der Waals surface area (Å²) in [5.74, 6) is -1.67. The van der Waals surface area contributed by atoms with Crippen molar-refractivity contribution in [3.8, 4) is 0 Å². The molecule has 0 aromatic rings. The molecule has 6 aliphatic rings. The van der Waals surface area contributed by atoms with Crippen molar-refractivity contribution in [2.24, 2.45) is 50.7 Å². The standard InChI is InChI=1S/C36H58O12/c1-18-8-11-35(30(45)48-29-26(43)25(42)24(41)21(15-37)47-29)13-12-32(3)19(27(35)34(18,5)46)6-7-22-31(2)14-20(40)28(44)36(16-38,17-39)23(31)9-10-33(22,32)4/h6,18,20-29,37-44,46H,7-17H2,1-5H3. The van der Waals surface area contributed by atoms with Gasteiger partial charge in [0.25, 0.3) is 0 Å². The highest BCUT2D eigenvalue weighted by Gasteiger charge is 2.73. The Labute approximate surface area is 282 Å². The molecule has 1 saturated heterocycles. The van der Waals surface area contributed by atoms with Crippen LogP contribution in [0.5, 0.6) is 0 Å². The molecule has 4 saturated carbocycles. The van der Waals surface area contributed by atoms with E-state index in [9.17, 15) is 50.8 Å². The maximum atomic E-state index is 14.5. The SMILES string of the molecule is CC1CCC2(C(=O)OC3OC(CO)C(O)C(O)C3O)CCC3(C)C(=CCC4C5(C)CC(O)C(O)C(CO)(CO)C5CCC43C)C2C1(C)O. The molecule has 5 fully saturated rings. The molecule has 5 aliphatic carbocycles. The highest BCUT2D eigenvalue weighted by Crippen LogP contribution is 2.76. The summed E-state index contributed by atoms with van der Waals surface area (Å²) in [5, 5.41) is 96.9. The number of aliphatic hydroxyl groups excluding tert-OH is 8. The molecule has 6 rings (SSSR count). The van der Waals surface area contributed by atoms with Gasteiger partial charge in [0.1, 0.15) is 24.4 Å². The maximum Gasteiger partial charge on any atom is 0.315 e. The number of carbonyl (C=O) groups excluding carboxylic acids is 1. The summed E-state index contributed by atoms with van der Waals surface area (Å²) < 4.78 is 11.4. The van der Waals surface area contributed by atoms with Crippen LogP contribution < -0.4 is 0 Å². The van der Waals surface area contributed by atoms with Crippen LogP contribution in [-0.2, 0) is 14.3 Å². The van der Waals surface area contributed by atoms with Gasteiger partial charge in [0.05, 0.1) is 43.0 Å². The summed E-state index contributed by atoms with van der Waals surface area (Å²) in [6.07, 6.45) is -3.85. The van der Waals surface area contributed by atoms with Crippen molar-refractivity contribution in [2.45, 2.75) is 135 Å². The topological polar surface area (TPSA) is 218 Å². The molecule has 48 heavy (non-hydrogen) atoms. The van der Waals surface area contributed by atoms with Crippen LogP contribution in [0.1, 0.15) is 86.0 Å². The largest absolute Gasteiger partial charge is 0.432 e. The average molecular weight is 683 g/mol. The van der Waals surface area contributed by atoms with Gasteiger partial charge in [0, 0.05) is 11.3 Å². The average Bonchev–Trinajstić information content (AvgIpc) is 3.04. The van der Waals surface area contributed by atoms with Crippen LogP contribution >= 0.6 is 0 Å². The lowest BCUT2D eigenvalue weighted by Gasteiger charge is -2.72. The van der Waals surface area contributed by atoms with Crippen LogP contribution in [0.2, 0.25) is 0 Å². The highest BCUT2D eigenvalue weighted by atomic mass is 16.7. The van der Waals surface area contributed by atoms with Crippen molar-refractivity contribution in [3.05, 3.63) is 11.6 Å². The third-order valence-electron chi connectivity index (χ3n) is 15.7. The summed E-state index contributed by atoms with van der Waals surface area (Å²) in [6.45, 7) is 8.85. The molecule has 12 heteroatoms. The smallest absolute Gasteiger partial charge is 0.315 e. The number of aliphatic hydroxyl groups is 9.